The molecule has 0 radical (unpaired) electrons. The molecule has 0 amide bonds. The fraction of sp³-hybridized carbons (Fsp3) is 0.250. The van der Waals surface area contributed by atoms with Crippen LogP contribution in [0, 0.1) is 0 Å². The van der Waals surface area contributed by atoms with Crippen molar-refractivity contribution in [3.05, 3.63) is 36.0 Å². The SMILES string of the molecule is Oc1ccnc2ccc(C(F)(C(F)(F)F)C(F)(F)F)cc12. The van der Waals surface area contributed by atoms with Crippen LogP contribution >= 0.6 is 0 Å². The Kier molecular flexibility index (Phi) is 3.26. The zero-order valence-corrected chi connectivity index (χ0v) is 9.93. The number of nitrogens with zero attached hydrogens (tertiary/aromatic N) is 1. The Labute approximate surface area is 112 Å². The number of fused-ring (bicyclic) bond motifs is 1. The van der Waals surface area contributed by atoms with E-state index in [0.29, 0.717) is 12.1 Å². The van der Waals surface area contributed by atoms with Crippen molar-refractivity contribution < 1.29 is 35.8 Å². The molecule has 0 aliphatic carbocycles. The van der Waals surface area contributed by atoms with E-state index in [-0.39, 0.29) is 5.52 Å². The number of benzene rings is 1. The van der Waals surface area contributed by atoms with Gasteiger partial charge in [0.25, 0.3) is 0 Å². The third kappa shape index (κ3) is 2.26. The maximum atomic E-state index is 13.8. The van der Waals surface area contributed by atoms with E-state index in [4.69, 9.17) is 0 Å². The highest BCUT2D eigenvalue weighted by molar-refractivity contribution is 5.85. The molecule has 0 saturated heterocycles. The van der Waals surface area contributed by atoms with Crippen molar-refractivity contribution in [2.75, 3.05) is 0 Å². The lowest BCUT2D eigenvalue weighted by molar-refractivity contribution is -0.348. The van der Waals surface area contributed by atoms with Gasteiger partial charge in [0.2, 0.25) is 0 Å². The van der Waals surface area contributed by atoms with Gasteiger partial charge in [-0.15, -0.1) is 0 Å². The van der Waals surface area contributed by atoms with Crippen molar-refractivity contribution in [2.24, 2.45) is 0 Å². The Balaban J connectivity index is 2.76. The fourth-order valence-electron chi connectivity index (χ4n) is 1.83. The summed E-state index contributed by atoms with van der Waals surface area (Å²) in [7, 11) is 0. The zero-order chi connectivity index (χ0) is 16.1. The number of pyridine rings is 1. The van der Waals surface area contributed by atoms with Gasteiger partial charge in [0.15, 0.2) is 0 Å². The van der Waals surface area contributed by atoms with Gasteiger partial charge in [0.1, 0.15) is 5.75 Å². The fourth-order valence-corrected chi connectivity index (χ4v) is 1.83. The monoisotopic (exact) mass is 313 g/mol. The number of alkyl halides is 7. The van der Waals surface area contributed by atoms with E-state index in [1.165, 1.54) is 0 Å². The Bertz CT molecular complexity index is 663. The van der Waals surface area contributed by atoms with Gasteiger partial charge in [-0.3, -0.25) is 4.98 Å². The van der Waals surface area contributed by atoms with Gasteiger partial charge in [0, 0.05) is 17.1 Å². The Hall–Kier alpha value is -2.06. The minimum atomic E-state index is -6.20. The van der Waals surface area contributed by atoms with Crippen LogP contribution in [0.15, 0.2) is 30.5 Å². The van der Waals surface area contributed by atoms with E-state index >= 15 is 0 Å². The van der Waals surface area contributed by atoms with E-state index in [1.807, 2.05) is 0 Å². The summed E-state index contributed by atoms with van der Waals surface area (Å²) in [6.07, 6.45) is -11.3. The molecule has 0 atom stereocenters. The summed E-state index contributed by atoms with van der Waals surface area (Å²) in [6, 6.07) is 2.37. The highest BCUT2D eigenvalue weighted by Gasteiger charge is 2.73. The second-order valence-corrected chi connectivity index (χ2v) is 4.22. The molecule has 21 heavy (non-hydrogen) atoms. The molecule has 0 bridgehead atoms. The zero-order valence-electron chi connectivity index (χ0n) is 9.93. The van der Waals surface area contributed by atoms with E-state index in [0.717, 1.165) is 18.3 Å². The highest BCUT2D eigenvalue weighted by atomic mass is 19.4. The number of hydrogen-bond acceptors (Lipinski definition) is 2. The number of hydrogen-bond donors (Lipinski definition) is 1. The summed E-state index contributed by atoms with van der Waals surface area (Å²) < 4.78 is 89.5. The van der Waals surface area contributed by atoms with Crippen molar-refractivity contribution in [3.63, 3.8) is 0 Å². The molecule has 0 aliphatic rings. The summed E-state index contributed by atoms with van der Waals surface area (Å²) in [4.78, 5) is 3.64. The van der Waals surface area contributed by atoms with Crippen molar-refractivity contribution >= 4 is 10.9 Å². The number of rotatable bonds is 1. The molecular formula is C12H6F7NO. The van der Waals surface area contributed by atoms with Crippen LogP contribution in [0.2, 0.25) is 0 Å². The average molecular weight is 313 g/mol. The molecule has 1 N–H and O–H groups in total. The molecule has 0 saturated carbocycles. The molecule has 2 aromatic rings. The molecule has 2 nitrogen and oxygen atoms in total. The van der Waals surface area contributed by atoms with Crippen LogP contribution in [0.1, 0.15) is 5.56 Å². The topological polar surface area (TPSA) is 33.1 Å². The van der Waals surface area contributed by atoms with Gasteiger partial charge < -0.3 is 5.11 Å². The standard InChI is InChI=1S/C12H6F7NO/c13-10(11(14,15)16,12(17,18)19)6-1-2-8-7(5-6)9(21)3-4-20-8/h1-5H,(H,20,21). The van der Waals surface area contributed by atoms with Crippen molar-refractivity contribution in [3.8, 4) is 5.75 Å². The van der Waals surface area contributed by atoms with Gasteiger partial charge in [-0.1, -0.05) is 6.07 Å². The first-order valence-electron chi connectivity index (χ1n) is 5.39. The maximum Gasteiger partial charge on any atom is 0.435 e. The van der Waals surface area contributed by atoms with Crippen LogP contribution in [0.25, 0.3) is 10.9 Å². The third-order valence-electron chi connectivity index (χ3n) is 2.90. The second-order valence-electron chi connectivity index (χ2n) is 4.22. The van der Waals surface area contributed by atoms with Gasteiger partial charge in [0.05, 0.1) is 5.52 Å². The minimum Gasteiger partial charge on any atom is -0.507 e. The van der Waals surface area contributed by atoms with Gasteiger partial charge in [-0.25, -0.2) is 4.39 Å². The van der Waals surface area contributed by atoms with Crippen LogP contribution < -0.4 is 0 Å². The molecule has 2 rings (SSSR count). The maximum absolute atomic E-state index is 13.8. The Morgan fingerprint density at radius 1 is 0.857 bits per heavy atom. The van der Waals surface area contributed by atoms with E-state index in [2.05, 4.69) is 4.98 Å². The smallest absolute Gasteiger partial charge is 0.435 e. The third-order valence-corrected chi connectivity index (χ3v) is 2.90. The Morgan fingerprint density at radius 3 is 1.95 bits per heavy atom. The van der Waals surface area contributed by atoms with Crippen LogP contribution in [0.3, 0.4) is 0 Å². The molecule has 0 spiro atoms. The lowest BCUT2D eigenvalue weighted by Crippen LogP contribution is -2.50. The first kappa shape index (κ1) is 15.3. The molecular weight excluding hydrogens is 307 g/mol. The normalized spacial score (nSPS) is 13.7. The van der Waals surface area contributed by atoms with E-state index in [9.17, 15) is 35.8 Å². The van der Waals surface area contributed by atoms with Crippen LogP contribution in [-0.2, 0) is 5.67 Å². The van der Waals surface area contributed by atoms with E-state index in [1.54, 1.807) is 0 Å². The number of aromatic hydroxyl groups is 1. The summed E-state index contributed by atoms with van der Waals surface area (Å²) >= 11 is 0. The summed E-state index contributed by atoms with van der Waals surface area (Å²) in [6.45, 7) is 0. The van der Waals surface area contributed by atoms with Gasteiger partial charge >= 0.3 is 18.0 Å². The first-order valence-corrected chi connectivity index (χ1v) is 5.39. The molecule has 0 unspecified atom stereocenters. The quantitative estimate of drug-likeness (QED) is 0.799. The van der Waals surface area contributed by atoms with Crippen molar-refractivity contribution in [1.29, 1.82) is 0 Å². The Morgan fingerprint density at radius 2 is 1.43 bits per heavy atom. The van der Waals surface area contributed by atoms with Crippen LogP contribution in [0.4, 0.5) is 30.7 Å². The molecule has 1 aromatic carbocycles. The largest absolute Gasteiger partial charge is 0.507 e. The molecule has 1 heterocycles. The molecule has 0 fully saturated rings. The van der Waals surface area contributed by atoms with Crippen molar-refractivity contribution in [2.45, 2.75) is 18.0 Å². The average Bonchev–Trinajstić information content (AvgIpc) is 2.35. The molecule has 9 heteroatoms. The van der Waals surface area contributed by atoms with Gasteiger partial charge in [-0.05, 0) is 18.2 Å². The summed E-state index contributed by atoms with van der Waals surface area (Å²) in [5.74, 6) is -0.603. The lowest BCUT2D eigenvalue weighted by atomic mass is 9.93. The molecule has 114 valence electrons. The van der Waals surface area contributed by atoms with Crippen molar-refractivity contribution in [1.82, 2.24) is 4.98 Å². The first-order chi connectivity index (χ1) is 9.48. The second kappa shape index (κ2) is 4.47. The minimum absolute atomic E-state index is 0.0644. The summed E-state index contributed by atoms with van der Waals surface area (Å²) in [5.41, 5.74) is -7.26. The predicted molar refractivity (Wildman–Crippen MR) is 58.3 cm³/mol. The summed E-state index contributed by atoms with van der Waals surface area (Å²) in [5, 5.41) is 9.03. The molecule has 1 aromatic heterocycles. The van der Waals surface area contributed by atoms with Crippen LogP contribution in [0.5, 0.6) is 5.75 Å². The molecule has 0 aliphatic heterocycles. The van der Waals surface area contributed by atoms with Gasteiger partial charge in [-0.2, -0.15) is 26.3 Å². The highest BCUT2D eigenvalue weighted by Crippen LogP contribution is 2.53. The van der Waals surface area contributed by atoms with Crippen LogP contribution in [-0.4, -0.2) is 22.4 Å². The number of aromatic nitrogens is 1. The number of halogens is 7. The lowest BCUT2D eigenvalue weighted by Gasteiger charge is -2.30. The predicted octanol–water partition coefficient (Wildman–Crippen LogP) is 4.23. The van der Waals surface area contributed by atoms with E-state index < -0.39 is 34.7 Å².